The molecule has 0 spiro atoms. The van der Waals surface area contributed by atoms with Crippen LogP contribution in [0.3, 0.4) is 0 Å². The molecule has 0 unspecified atom stereocenters. The van der Waals surface area contributed by atoms with Crippen molar-refractivity contribution in [2.45, 2.75) is 91.4 Å². The Hall–Kier alpha value is -0.850. The number of hydrogen-bond donors (Lipinski definition) is 0. The number of unbranched alkanes of at least 4 members (excludes halogenated alkanes) is 6. The molecule has 0 bridgehead atoms. The summed E-state index contributed by atoms with van der Waals surface area (Å²) in [5.74, 6) is 0.658. The second-order valence-corrected chi connectivity index (χ2v) is 5.97. The van der Waals surface area contributed by atoms with E-state index in [1.807, 2.05) is 18.5 Å². The highest BCUT2D eigenvalue weighted by Gasteiger charge is 2.11. The molecule has 0 saturated heterocycles. The summed E-state index contributed by atoms with van der Waals surface area (Å²) in [7, 11) is 0. The lowest BCUT2D eigenvalue weighted by molar-refractivity contribution is 0.460. The van der Waals surface area contributed by atoms with E-state index in [0.717, 1.165) is 6.42 Å². The third kappa shape index (κ3) is 11.5. The molecular weight excluding hydrogens is 254 g/mol. The molecule has 0 aromatic heterocycles. The maximum Gasteiger partial charge on any atom is 0.0298 e. The van der Waals surface area contributed by atoms with Gasteiger partial charge in [0.15, 0.2) is 0 Å². The summed E-state index contributed by atoms with van der Waals surface area (Å²) in [5, 5.41) is 0. The second-order valence-electron chi connectivity index (χ2n) is 5.97. The van der Waals surface area contributed by atoms with Crippen LogP contribution < -0.4 is 0 Å². The second kappa shape index (κ2) is 15.5. The minimum absolute atomic E-state index is 0.658. The molecule has 0 fully saturated rings. The molecule has 0 radical (unpaired) electrons. The summed E-state index contributed by atoms with van der Waals surface area (Å²) in [4.78, 5) is 4.41. The van der Waals surface area contributed by atoms with Crippen LogP contribution in [-0.2, 0) is 0 Å². The summed E-state index contributed by atoms with van der Waals surface area (Å²) >= 11 is 0. The van der Waals surface area contributed by atoms with E-state index < -0.39 is 0 Å². The summed E-state index contributed by atoms with van der Waals surface area (Å²) in [6.07, 6.45) is 20.4. The van der Waals surface area contributed by atoms with Crippen LogP contribution in [0.1, 0.15) is 91.4 Å². The van der Waals surface area contributed by atoms with Crippen LogP contribution in [0, 0.1) is 5.92 Å². The van der Waals surface area contributed by atoms with E-state index in [1.54, 1.807) is 0 Å². The minimum Gasteiger partial charge on any atom is -0.269 e. The van der Waals surface area contributed by atoms with Gasteiger partial charge in [0.25, 0.3) is 0 Å². The lowest BCUT2D eigenvalue weighted by Crippen LogP contribution is -2.03. The third-order valence-electron chi connectivity index (χ3n) is 4.03. The summed E-state index contributed by atoms with van der Waals surface area (Å²) in [6.45, 7) is 10.7. The van der Waals surface area contributed by atoms with Crippen LogP contribution in [0.5, 0.6) is 0 Å². The largest absolute Gasteiger partial charge is 0.269 e. The lowest BCUT2D eigenvalue weighted by atomic mass is 9.88. The summed E-state index contributed by atoms with van der Waals surface area (Å²) < 4.78 is 0. The maximum atomic E-state index is 4.41. The van der Waals surface area contributed by atoms with Crippen molar-refractivity contribution in [3.05, 3.63) is 24.4 Å². The Morgan fingerprint density at radius 3 is 1.90 bits per heavy atom. The van der Waals surface area contributed by atoms with Gasteiger partial charge in [0.05, 0.1) is 0 Å². The van der Waals surface area contributed by atoms with Gasteiger partial charge < -0.3 is 0 Å². The van der Waals surface area contributed by atoms with Crippen LogP contribution in [0.2, 0.25) is 0 Å². The lowest BCUT2D eigenvalue weighted by Gasteiger charge is -2.18. The molecule has 0 amide bonds. The molecular formula is C20H37N. The third-order valence-corrected chi connectivity index (χ3v) is 4.03. The average Bonchev–Trinajstić information content (AvgIpc) is 2.50. The van der Waals surface area contributed by atoms with Crippen LogP contribution in [0.25, 0.3) is 0 Å². The molecule has 0 saturated carbocycles. The highest BCUT2D eigenvalue weighted by atomic mass is 14.7. The van der Waals surface area contributed by atoms with Crippen molar-refractivity contribution in [3.63, 3.8) is 0 Å². The normalized spacial score (nSPS) is 12.5. The van der Waals surface area contributed by atoms with Crippen LogP contribution >= 0.6 is 0 Å². The molecule has 0 aliphatic carbocycles. The molecule has 0 aliphatic rings. The van der Waals surface area contributed by atoms with Gasteiger partial charge in [0.1, 0.15) is 0 Å². The first kappa shape index (κ1) is 20.1. The Labute approximate surface area is 133 Å². The van der Waals surface area contributed by atoms with E-state index in [2.05, 4.69) is 32.3 Å². The van der Waals surface area contributed by atoms with Crippen molar-refractivity contribution >= 4 is 6.21 Å². The molecule has 0 N–H and O–H groups in total. The molecule has 0 atom stereocenters. The van der Waals surface area contributed by atoms with Gasteiger partial charge >= 0.3 is 0 Å². The Morgan fingerprint density at radius 2 is 1.48 bits per heavy atom. The molecule has 1 nitrogen and oxygen atoms in total. The van der Waals surface area contributed by atoms with Gasteiger partial charge in [-0.05, 0) is 30.8 Å². The van der Waals surface area contributed by atoms with Crippen LogP contribution in [0.4, 0.5) is 0 Å². The first-order valence-corrected chi connectivity index (χ1v) is 9.14. The van der Waals surface area contributed by atoms with Crippen molar-refractivity contribution in [2.75, 3.05) is 0 Å². The Bertz CT molecular complexity index is 276. The molecule has 122 valence electrons. The summed E-state index contributed by atoms with van der Waals surface area (Å²) in [5.41, 5.74) is 1.34. The zero-order valence-electron chi connectivity index (χ0n) is 14.7. The molecule has 21 heavy (non-hydrogen) atoms. The van der Waals surface area contributed by atoms with Gasteiger partial charge in [0, 0.05) is 12.4 Å². The van der Waals surface area contributed by atoms with Crippen molar-refractivity contribution in [1.29, 1.82) is 0 Å². The predicted octanol–water partition coefficient (Wildman–Crippen LogP) is 7.09. The van der Waals surface area contributed by atoms with Gasteiger partial charge in [-0.25, -0.2) is 0 Å². The van der Waals surface area contributed by atoms with E-state index >= 15 is 0 Å². The standard InChI is InChI=1S/C20H37N/c1-5-9-11-13-15-20(16-14-12-10-6-2)19(8-4)18-21-17-7-3/h8,17-18,20H,4-7,9-16H2,1-3H3/b19-18+,21-17?. The first-order chi connectivity index (χ1) is 10.3. The van der Waals surface area contributed by atoms with Crippen molar-refractivity contribution in [2.24, 2.45) is 10.9 Å². The number of rotatable bonds is 14. The van der Waals surface area contributed by atoms with Gasteiger partial charge in [-0.2, -0.15) is 0 Å². The number of hydrogen-bond acceptors (Lipinski definition) is 1. The van der Waals surface area contributed by atoms with Crippen molar-refractivity contribution in [1.82, 2.24) is 0 Å². The molecule has 1 heteroatoms. The van der Waals surface area contributed by atoms with Crippen LogP contribution in [-0.4, -0.2) is 6.21 Å². The molecule has 0 heterocycles. The van der Waals surface area contributed by atoms with Crippen LogP contribution in [0.15, 0.2) is 29.4 Å². The molecule has 0 aromatic carbocycles. The smallest absolute Gasteiger partial charge is 0.0298 e. The quantitative estimate of drug-likeness (QED) is 0.184. The average molecular weight is 292 g/mol. The van der Waals surface area contributed by atoms with Gasteiger partial charge in [-0.15, -0.1) is 0 Å². The SMILES string of the molecule is C=C/C(=C\N=CCC)C(CCCCCC)CCCCCC. The first-order valence-electron chi connectivity index (χ1n) is 9.14. The zero-order valence-corrected chi connectivity index (χ0v) is 14.7. The fourth-order valence-corrected chi connectivity index (χ4v) is 2.68. The number of nitrogens with zero attached hydrogens (tertiary/aromatic N) is 1. The monoisotopic (exact) mass is 291 g/mol. The number of allylic oxidation sites excluding steroid dienone is 2. The summed E-state index contributed by atoms with van der Waals surface area (Å²) in [6, 6.07) is 0. The van der Waals surface area contributed by atoms with E-state index in [1.165, 1.54) is 69.8 Å². The minimum atomic E-state index is 0.658. The highest BCUT2D eigenvalue weighted by molar-refractivity contribution is 5.57. The van der Waals surface area contributed by atoms with E-state index in [-0.39, 0.29) is 0 Å². The topological polar surface area (TPSA) is 12.4 Å². The maximum absolute atomic E-state index is 4.41. The van der Waals surface area contributed by atoms with Crippen molar-refractivity contribution < 1.29 is 0 Å². The Kier molecular flexibility index (Phi) is 14.9. The van der Waals surface area contributed by atoms with E-state index in [9.17, 15) is 0 Å². The number of aliphatic imine (C=N–C) groups is 1. The van der Waals surface area contributed by atoms with E-state index in [0.29, 0.717) is 5.92 Å². The molecule has 0 rings (SSSR count). The van der Waals surface area contributed by atoms with Gasteiger partial charge in [-0.1, -0.05) is 84.8 Å². The van der Waals surface area contributed by atoms with E-state index in [4.69, 9.17) is 0 Å². The fourth-order valence-electron chi connectivity index (χ4n) is 2.68. The highest BCUT2D eigenvalue weighted by Crippen LogP contribution is 2.26. The fraction of sp³-hybridized carbons (Fsp3) is 0.750. The molecule has 0 aliphatic heterocycles. The van der Waals surface area contributed by atoms with Gasteiger partial charge in [0.2, 0.25) is 0 Å². The predicted molar refractivity (Wildman–Crippen MR) is 98.1 cm³/mol. The van der Waals surface area contributed by atoms with Crippen molar-refractivity contribution in [3.8, 4) is 0 Å². The Morgan fingerprint density at radius 1 is 0.905 bits per heavy atom. The Balaban J connectivity index is 4.46. The zero-order chi connectivity index (χ0) is 15.8. The molecule has 0 aromatic rings. The van der Waals surface area contributed by atoms with Gasteiger partial charge in [-0.3, -0.25) is 4.99 Å².